The summed E-state index contributed by atoms with van der Waals surface area (Å²) in [5, 5.41) is 0. The van der Waals surface area contributed by atoms with Crippen LogP contribution < -0.4 is 0 Å². The van der Waals surface area contributed by atoms with E-state index in [-0.39, 0.29) is 12.4 Å². The van der Waals surface area contributed by atoms with Crippen LogP contribution in [-0.4, -0.2) is 16.5 Å². The molecule has 2 rings (SSSR count). The van der Waals surface area contributed by atoms with Gasteiger partial charge in [-0.25, -0.2) is 0 Å². The van der Waals surface area contributed by atoms with Crippen molar-refractivity contribution in [2.75, 3.05) is 6.67 Å². The van der Waals surface area contributed by atoms with Gasteiger partial charge >= 0.3 is 0 Å². The average Bonchev–Trinajstić information content (AvgIpc) is 2.67. The van der Waals surface area contributed by atoms with Crippen LogP contribution in [-0.2, 0) is 6.54 Å². The van der Waals surface area contributed by atoms with Crippen molar-refractivity contribution in [2.45, 2.75) is 6.54 Å². The molecule has 1 heterocycles. The first-order valence-electron chi connectivity index (χ1n) is 4.73. The smallest absolute Gasteiger partial charge is 0.0939 e. The third kappa shape index (κ3) is 3.03. The van der Waals surface area contributed by atoms with Gasteiger partial charge in [0, 0.05) is 18.9 Å². The van der Waals surface area contributed by atoms with Crippen molar-refractivity contribution >= 4 is 12.4 Å². The van der Waals surface area contributed by atoms with E-state index in [1.807, 2.05) is 18.5 Å². The van der Waals surface area contributed by atoms with E-state index >= 15 is 0 Å². The topological polar surface area (TPSA) is 6.48 Å². The van der Waals surface area contributed by atoms with Crippen LogP contribution in [0, 0.1) is 0 Å². The fourth-order valence-corrected chi connectivity index (χ4v) is 1.52. The van der Waals surface area contributed by atoms with Crippen LogP contribution in [0.25, 0.3) is 0 Å². The number of rotatable bonds is 3. The maximum Gasteiger partial charge on any atom is 0.0939 e. The van der Waals surface area contributed by atoms with Crippen LogP contribution >= 0.6 is 12.4 Å². The Labute approximate surface area is 96.9 Å². The molecule has 0 atom stereocenters. The molecule has 0 aromatic heterocycles. The minimum Gasteiger partial charge on any atom is -0.354 e. The number of halogens is 1. The molecule has 0 N–H and O–H groups in total. The van der Waals surface area contributed by atoms with Gasteiger partial charge in [0.25, 0.3) is 0 Å². The second kappa shape index (κ2) is 5.47. The molecule has 1 aliphatic heterocycles. The first-order valence-corrected chi connectivity index (χ1v) is 4.73. The molecule has 0 saturated heterocycles. The van der Waals surface area contributed by atoms with E-state index in [9.17, 15) is 0 Å². The summed E-state index contributed by atoms with van der Waals surface area (Å²) in [6.45, 7) is 5.59. The Morgan fingerprint density at radius 1 is 1.20 bits per heavy atom. The van der Waals surface area contributed by atoms with E-state index in [1.54, 1.807) is 0 Å². The van der Waals surface area contributed by atoms with Gasteiger partial charge in [0.1, 0.15) is 0 Å². The molecule has 0 unspecified atom stereocenters. The third-order valence-corrected chi connectivity index (χ3v) is 2.28. The van der Waals surface area contributed by atoms with E-state index in [0.29, 0.717) is 0 Å². The number of hydrogen-bond acceptors (Lipinski definition) is 2. The van der Waals surface area contributed by atoms with E-state index < -0.39 is 0 Å². The van der Waals surface area contributed by atoms with E-state index in [0.717, 1.165) is 13.2 Å². The normalized spacial score (nSPS) is 13.9. The zero-order chi connectivity index (χ0) is 9.80. The van der Waals surface area contributed by atoms with Gasteiger partial charge < -0.3 is 9.80 Å². The van der Waals surface area contributed by atoms with Crippen molar-refractivity contribution in [3.8, 4) is 0 Å². The molecule has 0 saturated carbocycles. The quantitative estimate of drug-likeness (QED) is 0.776. The zero-order valence-electron chi connectivity index (χ0n) is 8.54. The molecule has 0 spiro atoms. The molecule has 0 bridgehead atoms. The van der Waals surface area contributed by atoms with Crippen molar-refractivity contribution in [3.05, 3.63) is 61.1 Å². The molecule has 15 heavy (non-hydrogen) atoms. The van der Waals surface area contributed by atoms with Crippen molar-refractivity contribution in [3.63, 3.8) is 0 Å². The van der Waals surface area contributed by atoms with E-state index in [1.165, 1.54) is 5.56 Å². The SMILES string of the molecule is C=CN1C=CN(Cc2ccccc2)C1.Cl. The van der Waals surface area contributed by atoms with Crippen LogP contribution in [0.1, 0.15) is 5.56 Å². The lowest BCUT2D eigenvalue weighted by atomic mass is 10.2. The fraction of sp³-hybridized carbons (Fsp3) is 0.167. The molecule has 0 aliphatic carbocycles. The van der Waals surface area contributed by atoms with Gasteiger partial charge in [-0.1, -0.05) is 36.9 Å². The summed E-state index contributed by atoms with van der Waals surface area (Å²) in [5.74, 6) is 0. The van der Waals surface area contributed by atoms with Crippen LogP contribution in [0.2, 0.25) is 0 Å². The lowest BCUT2D eigenvalue weighted by Gasteiger charge is -2.18. The average molecular weight is 223 g/mol. The molecule has 2 nitrogen and oxygen atoms in total. The van der Waals surface area contributed by atoms with Crippen LogP contribution in [0.15, 0.2) is 55.5 Å². The maximum absolute atomic E-state index is 3.73. The second-order valence-electron chi connectivity index (χ2n) is 3.37. The molecule has 1 aliphatic rings. The van der Waals surface area contributed by atoms with Gasteiger partial charge in [0.15, 0.2) is 0 Å². The minimum atomic E-state index is 0. The summed E-state index contributed by atoms with van der Waals surface area (Å²) in [7, 11) is 0. The van der Waals surface area contributed by atoms with Gasteiger partial charge in [0.05, 0.1) is 6.67 Å². The Morgan fingerprint density at radius 2 is 1.93 bits per heavy atom. The summed E-state index contributed by atoms with van der Waals surface area (Å²) >= 11 is 0. The van der Waals surface area contributed by atoms with E-state index in [4.69, 9.17) is 0 Å². The summed E-state index contributed by atoms with van der Waals surface area (Å²) in [6.07, 6.45) is 5.96. The highest BCUT2D eigenvalue weighted by atomic mass is 35.5. The standard InChI is InChI=1S/C12H14N2.ClH/c1-2-13-8-9-14(11-13)10-12-6-4-3-5-7-12;/h2-9H,1,10-11H2;1H. The molecule has 1 aromatic carbocycles. The van der Waals surface area contributed by atoms with Gasteiger partial charge in [-0.15, -0.1) is 12.4 Å². The maximum atomic E-state index is 3.73. The highest BCUT2D eigenvalue weighted by Crippen LogP contribution is 2.11. The Bertz CT molecular complexity index is 335. The summed E-state index contributed by atoms with van der Waals surface area (Å²) < 4.78 is 0. The molecule has 80 valence electrons. The van der Waals surface area contributed by atoms with Crippen molar-refractivity contribution < 1.29 is 0 Å². The number of nitrogens with zero attached hydrogens (tertiary/aromatic N) is 2. The monoisotopic (exact) mass is 222 g/mol. The molecule has 1 aromatic rings. The van der Waals surface area contributed by atoms with Gasteiger partial charge in [-0.3, -0.25) is 0 Å². The zero-order valence-corrected chi connectivity index (χ0v) is 9.36. The van der Waals surface area contributed by atoms with Crippen molar-refractivity contribution in [2.24, 2.45) is 0 Å². The molecule has 3 heteroatoms. The van der Waals surface area contributed by atoms with Crippen molar-refractivity contribution in [1.82, 2.24) is 9.80 Å². The first-order chi connectivity index (χ1) is 6.88. The van der Waals surface area contributed by atoms with Crippen molar-refractivity contribution in [1.29, 1.82) is 0 Å². The third-order valence-electron chi connectivity index (χ3n) is 2.28. The largest absolute Gasteiger partial charge is 0.354 e. The lowest BCUT2D eigenvalue weighted by Crippen LogP contribution is -2.21. The molecule has 0 radical (unpaired) electrons. The highest BCUT2D eigenvalue weighted by molar-refractivity contribution is 5.85. The summed E-state index contributed by atoms with van der Waals surface area (Å²) in [5.41, 5.74) is 1.34. The predicted molar refractivity (Wildman–Crippen MR) is 65.3 cm³/mol. The van der Waals surface area contributed by atoms with Gasteiger partial charge in [0.2, 0.25) is 0 Å². The molecular formula is C12H15ClN2. The van der Waals surface area contributed by atoms with Gasteiger partial charge in [-0.05, 0) is 11.8 Å². The predicted octanol–water partition coefficient (Wildman–Crippen LogP) is 2.80. The second-order valence-corrected chi connectivity index (χ2v) is 3.37. The first kappa shape index (κ1) is 11.7. The fourth-order valence-electron chi connectivity index (χ4n) is 1.52. The molecule has 0 amide bonds. The highest BCUT2D eigenvalue weighted by Gasteiger charge is 2.08. The summed E-state index contributed by atoms with van der Waals surface area (Å²) in [6, 6.07) is 10.5. The number of hydrogen-bond donors (Lipinski definition) is 0. The Morgan fingerprint density at radius 3 is 2.53 bits per heavy atom. The number of benzene rings is 1. The summed E-state index contributed by atoms with van der Waals surface area (Å²) in [4.78, 5) is 4.31. The minimum absolute atomic E-state index is 0. The van der Waals surface area contributed by atoms with E-state index in [2.05, 4.69) is 46.8 Å². The van der Waals surface area contributed by atoms with Crippen LogP contribution in [0.3, 0.4) is 0 Å². The molecular weight excluding hydrogens is 208 g/mol. The van der Waals surface area contributed by atoms with Crippen LogP contribution in [0.4, 0.5) is 0 Å². The van der Waals surface area contributed by atoms with Crippen LogP contribution in [0.5, 0.6) is 0 Å². The Balaban J connectivity index is 0.00000112. The molecule has 0 fully saturated rings. The Kier molecular flexibility index (Phi) is 4.25. The lowest BCUT2D eigenvalue weighted by molar-refractivity contribution is 0.309. The van der Waals surface area contributed by atoms with Gasteiger partial charge in [-0.2, -0.15) is 0 Å². The Hall–Kier alpha value is -1.41.